The van der Waals surface area contributed by atoms with E-state index in [1.165, 1.54) is 18.2 Å². The number of anilines is 1. The van der Waals surface area contributed by atoms with Crippen LogP contribution < -0.4 is 5.32 Å². The Labute approximate surface area is 129 Å². The van der Waals surface area contributed by atoms with Gasteiger partial charge in [-0.1, -0.05) is 15.9 Å². The Morgan fingerprint density at radius 2 is 1.86 bits per heavy atom. The molecule has 21 heavy (non-hydrogen) atoms. The molecule has 0 saturated heterocycles. The number of hydrogen-bond donors (Lipinski definition) is 3. The number of aryl methyl sites for hydroxylation is 1. The summed E-state index contributed by atoms with van der Waals surface area (Å²) in [5.74, 6) is -1.96. The molecular formula is C15H12BrNO4. The summed E-state index contributed by atoms with van der Waals surface area (Å²) >= 11 is 3.35. The Bertz CT molecular complexity index is 728. The number of hydrogen-bond acceptors (Lipinski definition) is 3. The van der Waals surface area contributed by atoms with Crippen molar-refractivity contribution in [3.63, 3.8) is 0 Å². The predicted molar refractivity (Wildman–Crippen MR) is 81.9 cm³/mol. The molecule has 0 bridgehead atoms. The van der Waals surface area contributed by atoms with Crippen LogP contribution in [0.3, 0.4) is 0 Å². The molecule has 1 amide bonds. The predicted octanol–water partition coefficient (Wildman–Crippen LogP) is 3.41. The summed E-state index contributed by atoms with van der Waals surface area (Å²) in [6.07, 6.45) is 0. The number of carboxylic acid groups (broad SMARTS) is 1. The molecule has 108 valence electrons. The third-order valence-electron chi connectivity index (χ3n) is 2.90. The molecule has 2 aromatic rings. The molecule has 2 aromatic carbocycles. The van der Waals surface area contributed by atoms with Crippen molar-refractivity contribution in [3.8, 4) is 5.75 Å². The number of aromatic carboxylic acids is 1. The van der Waals surface area contributed by atoms with Crippen molar-refractivity contribution in [2.45, 2.75) is 6.92 Å². The molecular weight excluding hydrogens is 338 g/mol. The number of amides is 1. The largest absolute Gasteiger partial charge is 0.507 e. The van der Waals surface area contributed by atoms with Gasteiger partial charge < -0.3 is 15.5 Å². The van der Waals surface area contributed by atoms with E-state index in [2.05, 4.69) is 21.2 Å². The van der Waals surface area contributed by atoms with Crippen LogP contribution in [0, 0.1) is 6.92 Å². The van der Waals surface area contributed by atoms with E-state index >= 15 is 0 Å². The van der Waals surface area contributed by atoms with Crippen LogP contribution in [0.25, 0.3) is 0 Å². The second-order valence-electron chi connectivity index (χ2n) is 4.46. The summed E-state index contributed by atoms with van der Waals surface area (Å²) in [4.78, 5) is 23.0. The molecule has 0 heterocycles. The zero-order valence-electron chi connectivity index (χ0n) is 11.1. The molecule has 3 N–H and O–H groups in total. The van der Waals surface area contributed by atoms with Crippen molar-refractivity contribution < 1.29 is 19.8 Å². The molecule has 0 saturated carbocycles. The summed E-state index contributed by atoms with van der Waals surface area (Å²) in [6.45, 7) is 1.87. The number of carboxylic acids is 1. The lowest BCUT2D eigenvalue weighted by atomic mass is 10.1. The van der Waals surface area contributed by atoms with E-state index in [4.69, 9.17) is 5.11 Å². The number of halogens is 1. The summed E-state index contributed by atoms with van der Waals surface area (Å²) < 4.78 is 0.900. The fourth-order valence-corrected chi connectivity index (χ4v) is 2.02. The molecule has 0 radical (unpaired) electrons. The van der Waals surface area contributed by atoms with Crippen LogP contribution in [0.1, 0.15) is 26.3 Å². The first-order valence-corrected chi connectivity index (χ1v) is 6.81. The van der Waals surface area contributed by atoms with E-state index in [0.717, 1.165) is 10.0 Å². The number of benzene rings is 2. The van der Waals surface area contributed by atoms with Gasteiger partial charge in [0.1, 0.15) is 11.3 Å². The molecule has 2 rings (SSSR count). The molecule has 0 aliphatic rings. The monoisotopic (exact) mass is 349 g/mol. The van der Waals surface area contributed by atoms with Crippen molar-refractivity contribution in [3.05, 3.63) is 57.6 Å². The quantitative estimate of drug-likeness (QED) is 0.741. The molecule has 0 atom stereocenters. The van der Waals surface area contributed by atoms with Crippen LogP contribution in [0.4, 0.5) is 5.69 Å². The summed E-state index contributed by atoms with van der Waals surface area (Å²) in [5, 5.41) is 21.0. The summed E-state index contributed by atoms with van der Waals surface area (Å²) in [7, 11) is 0. The SMILES string of the molecule is Cc1cc(C(=O)Nc2ccc(O)c(C(=O)O)c2)ccc1Br. The molecule has 6 heteroatoms. The van der Waals surface area contributed by atoms with Crippen LogP contribution >= 0.6 is 15.9 Å². The minimum absolute atomic E-state index is 0.264. The van der Waals surface area contributed by atoms with Crippen LogP contribution in [-0.2, 0) is 0 Å². The topological polar surface area (TPSA) is 86.6 Å². The first kappa shape index (κ1) is 15.1. The third-order valence-corrected chi connectivity index (χ3v) is 3.79. The Kier molecular flexibility index (Phi) is 4.28. The van der Waals surface area contributed by atoms with Crippen molar-refractivity contribution >= 4 is 33.5 Å². The van der Waals surface area contributed by atoms with Gasteiger partial charge in [0, 0.05) is 15.7 Å². The maximum Gasteiger partial charge on any atom is 0.339 e. The second kappa shape index (κ2) is 5.97. The minimum Gasteiger partial charge on any atom is -0.507 e. The van der Waals surface area contributed by atoms with Crippen molar-refractivity contribution in [2.75, 3.05) is 5.32 Å². The van der Waals surface area contributed by atoms with Crippen LogP contribution in [0.5, 0.6) is 5.75 Å². The van der Waals surface area contributed by atoms with Gasteiger partial charge in [0.05, 0.1) is 0 Å². The number of carbonyl (C=O) groups excluding carboxylic acids is 1. The fraction of sp³-hybridized carbons (Fsp3) is 0.0667. The highest BCUT2D eigenvalue weighted by Crippen LogP contribution is 2.22. The number of carbonyl (C=O) groups is 2. The van der Waals surface area contributed by atoms with Crippen LogP contribution in [0.2, 0.25) is 0 Å². The zero-order valence-corrected chi connectivity index (χ0v) is 12.6. The van der Waals surface area contributed by atoms with Gasteiger partial charge >= 0.3 is 5.97 Å². The van der Waals surface area contributed by atoms with E-state index in [0.29, 0.717) is 11.3 Å². The average molecular weight is 350 g/mol. The highest BCUT2D eigenvalue weighted by molar-refractivity contribution is 9.10. The van der Waals surface area contributed by atoms with Crippen LogP contribution in [0.15, 0.2) is 40.9 Å². The van der Waals surface area contributed by atoms with Gasteiger partial charge in [-0.25, -0.2) is 4.79 Å². The number of aromatic hydroxyl groups is 1. The average Bonchev–Trinajstić information content (AvgIpc) is 2.43. The molecule has 0 aliphatic heterocycles. The smallest absolute Gasteiger partial charge is 0.339 e. The summed E-state index contributed by atoms with van der Waals surface area (Å²) in [6, 6.07) is 9.02. The Morgan fingerprint density at radius 3 is 2.48 bits per heavy atom. The van der Waals surface area contributed by atoms with Crippen molar-refractivity contribution in [2.24, 2.45) is 0 Å². The first-order chi connectivity index (χ1) is 9.88. The highest BCUT2D eigenvalue weighted by Gasteiger charge is 2.12. The Balaban J connectivity index is 2.25. The highest BCUT2D eigenvalue weighted by atomic mass is 79.9. The fourth-order valence-electron chi connectivity index (χ4n) is 1.77. The molecule has 0 spiro atoms. The zero-order chi connectivity index (χ0) is 15.6. The van der Waals surface area contributed by atoms with Crippen molar-refractivity contribution in [1.82, 2.24) is 0 Å². The maximum atomic E-state index is 12.1. The van der Waals surface area contributed by atoms with E-state index in [9.17, 15) is 14.7 Å². The number of rotatable bonds is 3. The molecule has 0 aromatic heterocycles. The Hall–Kier alpha value is -2.34. The molecule has 0 aliphatic carbocycles. The third kappa shape index (κ3) is 3.41. The first-order valence-electron chi connectivity index (χ1n) is 6.02. The summed E-state index contributed by atoms with van der Waals surface area (Å²) in [5.41, 5.74) is 1.41. The van der Waals surface area contributed by atoms with E-state index < -0.39 is 5.97 Å². The van der Waals surface area contributed by atoms with Gasteiger partial charge in [-0.2, -0.15) is 0 Å². The van der Waals surface area contributed by atoms with Gasteiger partial charge in [0.25, 0.3) is 5.91 Å². The van der Waals surface area contributed by atoms with Gasteiger partial charge in [-0.3, -0.25) is 4.79 Å². The second-order valence-corrected chi connectivity index (χ2v) is 5.31. The normalized spacial score (nSPS) is 10.2. The maximum absolute atomic E-state index is 12.1. The van der Waals surface area contributed by atoms with Gasteiger partial charge in [-0.15, -0.1) is 0 Å². The van der Waals surface area contributed by atoms with E-state index in [1.807, 2.05) is 6.92 Å². The van der Waals surface area contributed by atoms with Crippen LogP contribution in [-0.4, -0.2) is 22.1 Å². The lowest BCUT2D eigenvalue weighted by Crippen LogP contribution is -2.12. The lowest BCUT2D eigenvalue weighted by molar-refractivity contribution is 0.0693. The number of phenols is 1. The minimum atomic E-state index is -1.26. The number of nitrogens with one attached hydrogen (secondary N) is 1. The lowest BCUT2D eigenvalue weighted by Gasteiger charge is -2.08. The van der Waals surface area contributed by atoms with E-state index in [1.54, 1.807) is 18.2 Å². The van der Waals surface area contributed by atoms with E-state index in [-0.39, 0.29) is 17.2 Å². The van der Waals surface area contributed by atoms with Gasteiger partial charge in [-0.05, 0) is 48.9 Å². The molecule has 0 fully saturated rings. The molecule has 5 nitrogen and oxygen atoms in total. The van der Waals surface area contributed by atoms with Gasteiger partial charge in [0.2, 0.25) is 0 Å². The molecule has 0 unspecified atom stereocenters. The standard InChI is InChI=1S/C15H12BrNO4/c1-8-6-9(2-4-12(8)16)14(19)17-10-3-5-13(18)11(7-10)15(20)21/h2-7,18H,1H3,(H,17,19)(H,20,21). The Morgan fingerprint density at radius 1 is 1.14 bits per heavy atom. The van der Waals surface area contributed by atoms with Gasteiger partial charge in [0.15, 0.2) is 0 Å². The van der Waals surface area contributed by atoms with Crippen molar-refractivity contribution in [1.29, 1.82) is 0 Å².